The quantitative estimate of drug-likeness (QED) is 0.259. The number of aromatic carboxylic acids is 2. The number of carboxylic acid groups (broad SMARTS) is 2. The number of benzene rings is 2. The Morgan fingerprint density at radius 1 is 0.639 bits per heavy atom. The van der Waals surface area contributed by atoms with Crippen LogP contribution in [0.3, 0.4) is 0 Å². The van der Waals surface area contributed by atoms with Crippen molar-refractivity contribution in [3.63, 3.8) is 0 Å². The summed E-state index contributed by atoms with van der Waals surface area (Å²) in [5, 5.41) is 35.8. The van der Waals surface area contributed by atoms with Crippen LogP contribution in [-0.2, 0) is 12.8 Å². The standard InChI is InChI=1S/2C11H14O2.C8H18O2/c2*1-2-3-4-9-5-7-10(8-6-9)11(12)13;1-4-7(9)6(3)8(10)5-2/h2*5-8H,2-4H2,1H3,(H,12,13);6-10H,4-5H2,1-3H3. The van der Waals surface area contributed by atoms with Crippen LogP contribution < -0.4 is 0 Å². The molecule has 2 aromatic carbocycles. The number of aryl methyl sites for hydroxylation is 2. The van der Waals surface area contributed by atoms with Crippen LogP contribution in [0, 0.1) is 5.92 Å². The van der Waals surface area contributed by atoms with Gasteiger partial charge >= 0.3 is 11.9 Å². The number of aliphatic hydroxyl groups is 2. The number of carboxylic acids is 2. The predicted molar refractivity (Wildman–Crippen MR) is 146 cm³/mol. The molecule has 0 aliphatic carbocycles. The summed E-state index contributed by atoms with van der Waals surface area (Å²) < 4.78 is 0. The minimum atomic E-state index is -0.859. The summed E-state index contributed by atoms with van der Waals surface area (Å²) >= 11 is 0. The highest BCUT2D eigenvalue weighted by Gasteiger charge is 2.18. The maximum atomic E-state index is 10.5. The van der Waals surface area contributed by atoms with E-state index < -0.39 is 11.9 Å². The lowest BCUT2D eigenvalue weighted by molar-refractivity contribution is 0.0186. The van der Waals surface area contributed by atoms with Crippen LogP contribution in [-0.4, -0.2) is 44.6 Å². The molecule has 0 aliphatic rings. The van der Waals surface area contributed by atoms with Gasteiger partial charge < -0.3 is 20.4 Å². The average Bonchev–Trinajstić information content (AvgIpc) is 2.90. The zero-order valence-corrected chi connectivity index (χ0v) is 22.6. The van der Waals surface area contributed by atoms with Gasteiger partial charge in [-0.3, -0.25) is 0 Å². The summed E-state index contributed by atoms with van der Waals surface area (Å²) in [6.07, 6.45) is 7.47. The first kappa shape index (κ1) is 33.3. The van der Waals surface area contributed by atoms with Crippen LogP contribution in [0.25, 0.3) is 0 Å². The molecule has 0 spiro atoms. The molecule has 0 saturated heterocycles. The summed E-state index contributed by atoms with van der Waals surface area (Å²) in [6, 6.07) is 14.2. The van der Waals surface area contributed by atoms with Crippen LogP contribution in [0.1, 0.15) is 105 Å². The van der Waals surface area contributed by atoms with E-state index in [1.165, 1.54) is 24.0 Å². The first-order valence-corrected chi connectivity index (χ1v) is 13.1. The molecule has 202 valence electrons. The van der Waals surface area contributed by atoms with Crippen LogP contribution in [0.15, 0.2) is 48.5 Å². The second-order valence-electron chi connectivity index (χ2n) is 9.02. The van der Waals surface area contributed by atoms with Gasteiger partial charge in [0.15, 0.2) is 0 Å². The molecule has 2 unspecified atom stereocenters. The molecule has 0 saturated carbocycles. The highest BCUT2D eigenvalue weighted by atomic mass is 16.4. The Morgan fingerprint density at radius 3 is 1.17 bits per heavy atom. The molecule has 0 amide bonds. The smallest absolute Gasteiger partial charge is 0.335 e. The maximum absolute atomic E-state index is 10.5. The van der Waals surface area contributed by atoms with E-state index in [2.05, 4.69) is 13.8 Å². The van der Waals surface area contributed by atoms with Crippen molar-refractivity contribution in [2.75, 3.05) is 0 Å². The normalized spacial score (nSPS) is 12.8. The largest absolute Gasteiger partial charge is 0.478 e. The topological polar surface area (TPSA) is 115 Å². The molecule has 6 nitrogen and oxygen atoms in total. The predicted octanol–water partition coefficient (Wildman–Crippen LogP) is 6.62. The summed E-state index contributed by atoms with van der Waals surface area (Å²) in [5.74, 6) is -1.71. The van der Waals surface area contributed by atoms with E-state index in [4.69, 9.17) is 10.2 Å². The van der Waals surface area contributed by atoms with Crippen molar-refractivity contribution in [2.24, 2.45) is 5.92 Å². The van der Waals surface area contributed by atoms with E-state index in [9.17, 15) is 19.8 Å². The van der Waals surface area contributed by atoms with Crippen LogP contribution in [0.2, 0.25) is 0 Å². The summed E-state index contributed by atoms with van der Waals surface area (Å²) in [5.41, 5.74) is 3.15. The third-order valence-corrected chi connectivity index (χ3v) is 6.09. The molecule has 0 radical (unpaired) electrons. The number of rotatable bonds is 12. The van der Waals surface area contributed by atoms with Crippen LogP contribution in [0.5, 0.6) is 0 Å². The maximum Gasteiger partial charge on any atom is 0.335 e. The second-order valence-corrected chi connectivity index (χ2v) is 9.02. The molecule has 6 heteroatoms. The molecule has 4 N–H and O–H groups in total. The number of hydrogen-bond donors (Lipinski definition) is 4. The molecular weight excluding hydrogens is 456 g/mol. The van der Waals surface area contributed by atoms with E-state index in [0.717, 1.165) is 38.5 Å². The first-order valence-electron chi connectivity index (χ1n) is 13.1. The van der Waals surface area contributed by atoms with Gasteiger partial charge in [-0.05, 0) is 73.9 Å². The Hall–Kier alpha value is -2.70. The Kier molecular flexibility index (Phi) is 18.0. The lowest BCUT2D eigenvalue weighted by Gasteiger charge is -2.21. The molecule has 2 aromatic rings. The van der Waals surface area contributed by atoms with Gasteiger partial charge in [0, 0.05) is 5.92 Å². The molecule has 0 bridgehead atoms. The molecule has 2 atom stereocenters. The molecule has 0 heterocycles. The molecular formula is C30H46O6. The van der Waals surface area contributed by atoms with E-state index >= 15 is 0 Å². The number of aliphatic hydroxyl groups excluding tert-OH is 2. The fourth-order valence-corrected chi connectivity index (χ4v) is 3.39. The minimum absolute atomic E-state index is 0.00926. The Bertz CT molecular complexity index is 773. The Labute approximate surface area is 217 Å². The Morgan fingerprint density at radius 2 is 0.944 bits per heavy atom. The van der Waals surface area contributed by atoms with Gasteiger partial charge in [-0.15, -0.1) is 0 Å². The van der Waals surface area contributed by atoms with Gasteiger partial charge in [-0.25, -0.2) is 9.59 Å². The van der Waals surface area contributed by atoms with Gasteiger partial charge in [0.05, 0.1) is 23.3 Å². The van der Waals surface area contributed by atoms with E-state index in [1.807, 2.05) is 45.0 Å². The summed E-state index contributed by atoms with van der Waals surface area (Å²) in [7, 11) is 0. The number of carbonyl (C=O) groups is 2. The van der Waals surface area contributed by atoms with Crippen molar-refractivity contribution in [1.29, 1.82) is 0 Å². The monoisotopic (exact) mass is 502 g/mol. The highest BCUT2D eigenvalue weighted by molar-refractivity contribution is 5.87. The van der Waals surface area contributed by atoms with Crippen LogP contribution >= 0.6 is 0 Å². The first-order chi connectivity index (χ1) is 17.1. The van der Waals surface area contributed by atoms with Gasteiger partial charge in [-0.1, -0.05) is 71.7 Å². The average molecular weight is 503 g/mol. The SMILES string of the molecule is CCC(O)C(C)C(O)CC.CCCCc1ccc(C(=O)O)cc1.CCCCc1ccc(C(=O)O)cc1. The number of unbranched alkanes of at least 4 members (excludes halogenated alkanes) is 2. The molecule has 0 aliphatic heterocycles. The van der Waals surface area contributed by atoms with E-state index in [-0.39, 0.29) is 18.1 Å². The van der Waals surface area contributed by atoms with E-state index in [0.29, 0.717) is 11.1 Å². The van der Waals surface area contributed by atoms with Crippen molar-refractivity contribution in [3.8, 4) is 0 Å². The second kappa shape index (κ2) is 19.5. The fraction of sp³-hybridized carbons (Fsp3) is 0.533. The van der Waals surface area contributed by atoms with Crippen molar-refractivity contribution in [1.82, 2.24) is 0 Å². The fourth-order valence-electron chi connectivity index (χ4n) is 3.39. The number of hydrogen-bond acceptors (Lipinski definition) is 4. The molecule has 2 rings (SSSR count). The Balaban J connectivity index is 0.000000517. The molecule has 0 aromatic heterocycles. The highest BCUT2D eigenvalue weighted by Crippen LogP contribution is 2.13. The van der Waals surface area contributed by atoms with Crippen molar-refractivity contribution in [2.45, 2.75) is 98.2 Å². The van der Waals surface area contributed by atoms with E-state index in [1.54, 1.807) is 24.3 Å². The van der Waals surface area contributed by atoms with Gasteiger partial charge in [0.2, 0.25) is 0 Å². The van der Waals surface area contributed by atoms with Gasteiger partial charge in [0.1, 0.15) is 0 Å². The lowest BCUT2D eigenvalue weighted by Crippen LogP contribution is -2.28. The van der Waals surface area contributed by atoms with Gasteiger partial charge in [-0.2, -0.15) is 0 Å². The lowest BCUT2D eigenvalue weighted by atomic mass is 9.95. The van der Waals surface area contributed by atoms with Crippen molar-refractivity contribution >= 4 is 11.9 Å². The molecule has 0 fully saturated rings. The van der Waals surface area contributed by atoms with Gasteiger partial charge in [0.25, 0.3) is 0 Å². The summed E-state index contributed by atoms with van der Waals surface area (Å²) in [6.45, 7) is 10.0. The minimum Gasteiger partial charge on any atom is -0.478 e. The zero-order valence-electron chi connectivity index (χ0n) is 22.6. The molecule has 36 heavy (non-hydrogen) atoms. The van der Waals surface area contributed by atoms with Crippen LogP contribution in [0.4, 0.5) is 0 Å². The third kappa shape index (κ3) is 14.0. The summed E-state index contributed by atoms with van der Waals surface area (Å²) in [4.78, 5) is 21.1. The third-order valence-electron chi connectivity index (χ3n) is 6.09. The van der Waals surface area contributed by atoms with Crippen molar-refractivity contribution in [3.05, 3.63) is 70.8 Å². The van der Waals surface area contributed by atoms with Crippen molar-refractivity contribution < 1.29 is 30.0 Å². The zero-order chi connectivity index (χ0) is 27.5.